The quantitative estimate of drug-likeness (QED) is 0.190. The average molecular weight is 859 g/mol. The summed E-state index contributed by atoms with van der Waals surface area (Å²) in [6.45, 7) is 15.6. The molecule has 3 aliphatic heterocycles. The molecule has 332 valence electrons. The molecule has 1 unspecified atom stereocenters. The van der Waals surface area contributed by atoms with Crippen LogP contribution in [0.25, 0.3) is 0 Å². The van der Waals surface area contributed by atoms with Gasteiger partial charge < -0.3 is 24.8 Å². The van der Waals surface area contributed by atoms with Gasteiger partial charge in [-0.15, -0.1) is 0 Å². The Balaban J connectivity index is 0.795. The normalized spacial score (nSPS) is 25.2. The molecular formula is C49H58N6O8. The second-order valence-corrected chi connectivity index (χ2v) is 19.3. The number of fused-ring (bicyclic) bond motifs is 1. The number of anilines is 1. The number of aliphatic hydroxyl groups excluding tert-OH is 1. The lowest BCUT2D eigenvalue weighted by atomic mass is 9.49. The predicted molar refractivity (Wildman–Crippen MR) is 234 cm³/mol. The molecule has 0 bridgehead atoms. The number of imide groups is 2. The second-order valence-electron chi connectivity index (χ2n) is 19.3. The summed E-state index contributed by atoms with van der Waals surface area (Å²) >= 11 is 0. The lowest BCUT2D eigenvalue weighted by Gasteiger charge is -2.63. The number of amides is 5. The number of hydrogen-bond donors (Lipinski definition) is 3. The number of carbonyl (C=O) groups excluding carboxylic acids is 5. The summed E-state index contributed by atoms with van der Waals surface area (Å²) in [6, 6.07) is 17.9. The van der Waals surface area contributed by atoms with Crippen molar-refractivity contribution in [2.24, 2.45) is 16.7 Å². The van der Waals surface area contributed by atoms with Gasteiger partial charge in [0, 0.05) is 79.6 Å². The summed E-state index contributed by atoms with van der Waals surface area (Å²) in [4.78, 5) is 69.7. The number of nitrogens with zero attached hydrogens (tertiary/aromatic N) is 4. The number of hydrogen-bond acceptors (Lipinski definition) is 11. The van der Waals surface area contributed by atoms with Crippen LogP contribution in [0.1, 0.15) is 114 Å². The van der Waals surface area contributed by atoms with E-state index in [1.807, 2.05) is 50.2 Å². The third-order valence-corrected chi connectivity index (χ3v) is 14.3. The fraction of sp³-hybridized carbons (Fsp3) is 0.510. The number of nitriles is 1. The first-order chi connectivity index (χ1) is 30.0. The van der Waals surface area contributed by atoms with Crippen LogP contribution in [0.3, 0.4) is 0 Å². The van der Waals surface area contributed by atoms with Crippen LogP contribution in [-0.4, -0.2) is 108 Å². The van der Waals surface area contributed by atoms with Gasteiger partial charge in [-0.2, -0.15) is 5.26 Å². The molecule has 1 atom stereocenters. The molecule has 8 rings (SSSR count). The van der Waals surface area contributed by atoms with Crippen LogP contribution in [0.5, 0.6) is 11.5 Å². The van der Waals surface area contributed by atoms with Crippen LogP contribution in [0.15, 0.2) is 54.6 Å². The van der Waals surface area contributed by atoms with Crippen molar-refractivity contribution in [2.75, 3.05) is 37.7 Å². The van der Waals surface area contributed by atoms with Crippen molar-refractivity contribution in [3.8, 4) is 17.6 Å². The highest BCUT2D eigenvalue weighted by atomic mass is 16.5. The Kier molecular flexibility index (Phi) is 11.9. The number of piperidine rings is 2. The van der Waals surface area contributed by atoms with E-state index in [2.05, 4.69) is 54.2 Å². The molecule has 3 aromatic carbocycles. The Bertz CT molecular complexity index is 2320. The first-order valence-corrected chi connectivity index (χ1v) is 22.2. The third-order valence-electron chi connectivity index (χ3n) is 14.3. The van der Waals surface area contributed by atoms with Gasteiger partial charge in [0.25, 0.3) is 17.7 Å². The van der Waals surface area contributed by atoms with E-state index in [0.717, 1.165) is 72.8 Å². The molecule has 4 fully saturated rings. The monoisotopic (exact) mass is 858 g/mol. The van der Waals surface area contributed by atoms with Gasteiger partial charge in [0.1, 0.15) is 29.7 Å². The maximum absolute atomic E-state index is 13.6. The van der Waals surface area contributed by atoms with Crippen molar-refractivity contribution in [3.63, 3.8) is 0 Å². The zero-order chi connectivity index (χ0) is 45.0. The van der Waals surface area contributed by atoms with Gasteiger partial charge in [0.15, 0.2) is 0 Å². The van der Waals surface area contributed by atoms with Crippen molar-refractivity contribution in [1.29, 1.82) is 5.26 Å². The van der Waals surface area contributed by atoms with E-state index in [-0.39, 0.29) is 71.6 Å². The highest BCUT2D eigenvalue weighted by Crippen LogP contribution is 2.55. The molecule has 0 aromatic heterocycles. The highest BCUT2D eigenvalue weighted by Gasteiger charge is 2.64. The minimum atomic E-state index is -1.02. The smallest absolute Gasteiger partial charge is 0.262 e. The molecule has 63 heavy (non-hydrogen) atoms. The summed E-state index contributed by atoms with van der Waals surface area (Å²) in [5, 5.41) is 25.0. The van der Waals surface area contributed by atoms with Crippen LogP contribution >= 0.6 is 0 Å². The first kappa shape index (κ1) is 43.9. The summed E-state index contributed by atoms with van der Waals surface area (Å²) in [5.74, 6) is -0.593. The average Bonchev–Trinajstić information content (AvgIpc) is 3.47. The fourth-order valence-corrected chi connectivity index (χ4v) is 11.0. The minimum absolute atomic E-state index is 0.0619. The van der Waals surface area contributed by atoms with Crippen LogP contribution < -0.4 is 25.0 Å². The topological polar surface area (TPSA) is 182 Å². The van der Waals surface area contributed by atoms with E-state index in [9.17, 15) is 34.3 Å². The number of carbonyl (C=O) groups is 5. The van der Waals surface area contributed by atoms with E-state index >= 15 is 0 Å². The number of benzene rings is 3. The first-order valence-electron chi connectivity index (χ1n) is 22.2. The fourth-order valence-electron chi connectivity index (χ4n) is 11.0. The SMILES string of the molecule is Cc1cc(OC2C(C)(C)C(NC(=O)c3ccc(N4CCC(CN(CCO)C5CC(Oc6ccc7c(c6)C(=O)N(C6CCC(=O)NC6=O)C7=O)C5)CC4)cc3)C2(C)C)cc(C)c1C#N. The van der Waals surface area contributed by atoms with Gasteiger partial charge in [-0.05, 0) is 105 Å². The molecule has 14 nitrogen and oxygen atoms in total. The van der Waals surface area contributed by atoms with Crippen molar-refractivity contribution in [1.82, 2.24) is 20.4 Å². The van der Waals surface area contributed by atoms with E-state index in [1.165, 1.54) is 0 Å². The molecule has 3 aromatic rings. The molecule has 2 saturated carbocycles. The van der Waals surface area contributed by atoms with Crippen molar-refractivity contribution in [3.05, 3.63) is 88.0 Å². The Morgan fingerprint density at radius 1 is 0.889 bits per heavy atom. The molecule has 3 N–H and O–H groups in total. The number of nitrogens with one attached hydrogen (secondary N) is 2. The summed E-state index contributed by atoms with van der Waals surface area (Å²) in [5.41, 5.74) is 3.89. The Hall–Kier alpha value is -5.78. The van der Waals surface area contributed by atoms with Crippen LogP contribution in [0.4, 0.5) is 5.69 Å². The molecule has 2 aliphatic carbocycles. The Labute approximate surface area is 368 Å². The minimum Gasteiger partial charge on any atom is -0.490 e. The van der Waals surface area contributed by atoms with Crippen molar-refractivity contribution >= 4 is 35.2 Å². The third kappa shape index (κ3) is 8.29. The zero-order valence-corrected chi connectivity index (χ0v) is 37.0. The van der Waals surface area contributed by atoms with Crippen LogP contribution in [0, 0.1) is 41.9 Å². The number of aliphatic hydroxyl groups is 1. The summed E-state index contributed by atoms with van der Waals surface area (Å²) in [6.07, 6.45) is 3.50. The van der Waals surface area contributed by atoms with Crippen molar-refractivity contribution < 1.29 is 38.6 Å². The molecule has 5 amide bonds. The molecule has 5 aliphatic rings. The molecule has 2 saturated heterocycles. The van der Waals surface area contributed by atoms with Crippen LogP contribution in [-0.2, 0) is 9.59 Å². The number of aryl methyl sites for hydroxylation is 2. The van der Waals surface area contributed by atoms with E-state index in [0.29, 0.717) is 29.3 Å². The lowest BCUT2D eigenvalue weighted by molar-refractivity contribution is -0.164. The maximum Gasteiger partial charge on any atom is 0.262 e. The molecule has 0 radical (unpaired) electrons. The zero-order valence-electron chi connectivity index (χ0n) is 37.0. The molecule has 14 heteroatoms. The van der Waals surface area contributed by atoms with Gasteiger partial charge in [-0.1, -0.05) is 27.7 Å². The van der Waals surface area contributed by atoms with Gasteiger partial charge in [0.2, 0.25) is 11.8 Å². The van der Waals surface area contributed by atoms with Crippen LogP contribution in [0.2, 0.25) is 0 Å². The molecule has 3 heterocycles. The molecular weight excluding hydrogens is 801 g/mol. The standard InChI is InChI=1S/C49H58N6O8/c1-28-21-35(22-29(2)39(28)26-50)63-47-48(3,4)46(49(47,5)6)52-42(58)31-7-9-32(10-8-31)53-17-15-30(16-18-53)27-54(19-20-56)33-23-36(24-33)62-34-11-12-37-38(25-34)45(61)55(44(37)60)40-13-14-41(57)51-43(40)59/h7-12,21-22,25,30,33,36,40,46-47,56H,13-20,23-24,27H2,1-6H3,(H,52,58)(H,51,57,59). The lowest BCUT2D eigenvalue weighted by Crippen LogP contribution is -2.74. The Morgan fingerprint density at radius 2 is 1.54 bits per heavy atom. The largest absolute Gasteiger partial charge is 0.490 e. The predicted octanol–water partition coefficient (Wildman–Crippen LogP) is 5.31. The highest BCUT2D eigenvalue weighted by molar-refractivity contribution is 6.23. The van der Waals surface area contributed by atoms with Gasteiger partial charge in [0.05, 0.1) is 29.4 Å². The van der Waals surface area contributed by atoms with Gasteiger partial charge in [-0.3, -0.25) is 39.1 Å². The Morgan fingerprint density at radius 3 is 2.16 bits per heavy atom. The van der Waals surface area contributed by atoms with Gasteiger partial charge in [-0.25, -0.2) is 0 Å². The van der Waals surface area contributed by atoms with E-state index in [1.54, 1.807) is 18.2 Å². The second kappa shape index (κ2) is 17.1. The maximum atomic E-state index is 13.6. The number of rotatable bonds is 13. The van der Waals surface area contributed by atoms with E-state index in [4.69, 9.17) is 9.47 Å². The van der Waals surface area contributed by atoms with Gasteiger partial charge >= 0.3 is 0 Å². The molecule has 0 spiro atoms. The van der Waals surface area contributed by atoms with Crippen molar-refractivity contribution in [2.45, 2.75) is 110 Å². The van der Waals surface area contributed by atoms with E-state index < -0.39 is 29.7 Å². The number of ether oxygens (including phenoxy) is 2. The summed E-state index contributed by atoms with van der Waals surface area (Å²) < 4.78 is 12.8. The summed E-state index contributed by atoms with van der Waals surface area (Å²) in [7, 11) is 0.